The van der Waals surface area contributed by atoms with Gasteiger partial charge in [-0.25, -0.2) is 9.36 Å². The average molecular weight is 266 g/mol. The summed E-state index contributed by atoms with van der Waals surface area (Å²) in [4.78, 5) is 11.6. The number of pyridine rings is 1. The first kappa shape index (κ1) is 12.6. The minimum absolute atomic E-state index is 0.286. The molecule has 1 aromatic heterocycles. The van der Waals surface area contributed by atoms with E-state index in [9.17, 15) is 4.79 Å². The van der Waals surface area contributed by atoms with Crippen molar-refractivity contribution < 1.29 is 14.1 Å². The highest BCUT2D eigenvalue weighted by molar-refractivity contribution is 5.90. The second-order valence-electron chi connectivity index (χ2n) is 4.87. The van der Waals surface area contributed by atoms with Gasteiger partial charge in [0, 0.05) is 12.1 Å². The number of esters is 1. The first-order chi connectivity index (χ1) is 9.78. The SMILES string of the molecule is COC(=O)c1ccc2c(c1)C(C[n+]1ccccc1)C=C2. The van der Waals surface area contributed by atoms with Crippen LogP contribution in [-0.2, 0) is 11.3 Å². The summed E-state index contributed by atoms with van der Waals surface area (Å²) in [5.41, 5.74) is 2.97. The number of rotatable bonds is 3. The lowest BCUT2D eigenvalue weighted by atomic mass is 9.98. The predicted molar refractivity (Wildman–Crippen MR) is 76.2 cm³/mol. The normalized spacial score (nSPS) is 15.9. The summed E-state index contributed by atoms with van der Waals surface area (Å²) in [7, 11) is 1.41. The summed E-state index contributed by atoms with van der Waals surface area (Å²) in [6.07, 6.45) is 8.41. The minimum Gasteiger partial charge on any atom is -0.465 e. The summed E-state index contributed by atoms with van der Waals surface area (Å²) < 4.78 is 6.93. The Bertz CT molecular complexity index is 662. The van der Waals surface area contributed by atoms with E-state index in [1.165, 1.54) is 18.2 Å². The summed E-state index contributed by atoms with van der Waals surface area (Å²) in [6.45, 7) is 0.870. The smallest absolute Gasteiger partial charge is 0.337 e. The van der Waals surface area contributed by atoms with Crippen molar-refractivity contribution in [3.63, 3.8) is 0 Å². The van der Waals surface area contributed by atoms with E-state index in [1.807, 2.05) is 36.4 Å². The van der Waals surface area contributed by atoms with E-state index in [2.05, 4.69) is 29.1 Å². The van der Waals surface area contributed by atoms with Gasteiger partial charge in [0.1, 0.15) is 0 Å². The molecule has 3 rings (SSSR count). The lowest BCUT2D eigenvalue weighted by Crippen LogP contribution is -2.35. The maximum Gasteiger partial charge on any atom is 0.337 e. The molecule has 1 aliphatic carbocycles. The molecule has 1 atom stereocenters. The van der Waals surface area contributed by atoms with Gasteiger partial charge in [0.25, 0.3) is 0 Å². The van der Waals surface area contributed by atoms with Crippen LogP contribution in [0.4, 0.5) is 0 Å². The first-order valence-corrected chi connectivity index (χ1v) is 6.62. The lowest BCUT2D eigenvalue weighted by molar-refractivity contribution is -0.698. The van der Waals surface area contributed by atoms with E-state index in [0.717, 1.165) is 6.54 Å². The summed E-state index contributed by atoms with van der Waals surface area (Å²) in [5.74, 6) is 0.00724. The lowest BCUT2D eigenvalue weighted by Gasteiger charge is -2.09. The van der Waals surface area contributed by atoms with Crippen molar-refractivity contribution in [1.29, 1.82) is 0 Å². The number of hydrogen-bond donors (Lipinski definition) is 0. The van der Waals surface area contributed by atoms with Crippen molar-refractivity contribution in [3.8, 4) is 0 Å². The van der Waals surface area contributed by atoms with Gasteiger partial charge in [-0.2, -0.15) is 0 Å². The van der Waals surface area contributed by atoms with Crippen molar-refractivity contribution in [2.45, 2.75) is 12.5 Å². The molecule has 100 valence electrons. The zero-order valence-electron chi connectivity index (χ0n) is 11.3. The van der Waals surface area contributed by atoms with Crippen LogP contribution in [0, 0.1) is 0 Å². The molecule has 0 bridgehead atoms. The average Bonchev–Trinajstić information content (AvgIpc) is 2.90. The molecular weight excluding hydrogens is 250 g/mol. The van der Waals surface area contributed by atoms with Gasteiger partial charge >= 0.3 is 5.97 Å². The van der Waals surface area contributed by atoms with Crippen LogP contribution >= 0.6 is 0 Å². The van der Waals surface area contributed by atoms with E-state index >= 15 is 0 Å². The molecule has 1 aromatic carbocycles. The van der Waals surface area contributed by atoms with Gasteiger partial charge < -0.3 is 4.74 Å². The Morgan fingerprint density at radius 3 is 2.80 bits per heavy atom. The minimum atomic E-state index is -0.286. The predicted octanol–water partition coefficient (Wildman–Crippen LogP) is 2.57. The van der Waals surface area contributed by atoms with Gasteiger partial charge in [0.15, 0.2) is 18.9 Å². The summed E-state index contributed by atoms with van der Waals surface area (Å²) >= 11 is 0. The van der Waals surface area contributed by atoms with E-state index in [-0.39, 0.29) is 5.97 Å². The first-order valence-electron chi connectivity index (χ1n) is 6.62. The largest absolute Gasteiger partial charge is 0.465 e. The molecule has 0 amide bonds. The van der Waals surface area contributed by atoms with E-state index in [1.54, 1.807) is 0 Å². The van der Waals surface area contributed by atoms with Crippen molar-refractivity contribution >= 4 is 12.0 Å². The van der Waals surface area contributed by atoms with Crippen LogP contribution in [0.2, 0.25) is 0 Å². The van der Waals surface area contributed by atoms with Gasteiger partial charge in [-0.3, -0.25) is 0 Å². The van der Waals surface area contributed by atoms with Crippen molar-refractivity contribution in [2.24, 2.45) is 0 Å². The van der Waals surface area contributed by atoms with Gasteiger partial charge in [0.05, 0.1) is 18.6 Å². The fourth-order valence-corrected chi connectivity index (χ4v) is 2.56. The molecule has 20 heavy (non-hydrogen) atoms. The van der Waals surface area contributed by atoms with Gasteiger partial charge in [-0.05, 0) is 23.3 Å². The van der Waals surface area contributed by atoms with Crippen LogP contribution in [0.3, 0.4) is 0 Å². The van der Waals surface area contributed by atoms with Crippen molar-refractivity contribution in [2.75, 3.05) is 7.11 Å². The molecule has 1 heterocycles. The Hall–Kier alpha value is -2.42. The highest BCUT2D eigenvalue weighted by Crippen LogP contribution is 2.31. The van der Waals surface area contributed by atoms with Crippen LogP contribution in [0.15, 0.2) is 54.9 Å². The van der Waals surface area contributed by atoms with Gasteiger partial charge in [-0.1, -0.05) is 24.3 Å². The zero-order chi connectivity index (χ0) is 13.9. The number of nitrogens with zero attached hydrogens (tertiary/aromatic N) is 1. The number of ether oxygens (including phenoxy) is 1. The third-order valence-electron chi connectivity index (χ3n) is 3.60. The molecular formula is C17H16NO2+. The van der Waals surface area contributed by atoms with E-state index in [4.69, 9.17) is 4.74 Å². The topological polar surface area (TPSA) is 30.2 Å². The molecule has 0 spiro atoms. The number of hydrogen-bond acceptors (Lipinski definition) is 2. The molecule has 1 unspecified atom stereocenters. The van der Waals surface area contributed by atoms with E-state index in [0.29, 0.717) is 11.5 Å². The van der Waals surface area contributed by atoms with Gasteiger partial charge in [0.2, 0.25) is 0 Å². The third kappa shape index (κ3) is 2.35. The van der Waals surface area contributed by atoms with E-state index < -0.39 is 0 Å². The molecule has 0 saturated carbocycles. The Kier molecular flexibility index (Phi) is 3.33. The number of carbonyl (C=O) groups excluding carboxylic acids is 1. The summed E-state index contributed by atoms with van der Waals surface area (Å²) in [5, 5.41) is 0. The number of aromatic nitrogens is 1. The monoisotopic (exact) mass is 266 g/mol. The highest BCUT2D eigenvalue weighted by Gasteiger charge is 2.22. The molecule has 0 aliphatic heterocycles. The summed E-state index contributed by atoms with van der Waals surface area (Å²) in [6, 6.07) is 11.8. The van der Waals surface area contributed by atoms with Crippen LogP contribution in [-0.4, -0.2) is 13.1 Å². The number of methoxy groups -OCH3 is 1. The molecule has 0 fully saturated rings. The number of benzene rings is 1. The molecule has 0 N–H and O–H groups in total. The number of allylic oxidation sites excluding steroid dienone is 1. The standard InChI is InChI=1S/C17H16NO2/c1-20-17(19)14-7-5-13-6-8-15(16(13)11-14)12-18-9-3-2-4-10-18/h2-11,15H,12H2,1H3/q+1. The van der Waals surface area contributed by atoms with Crippen LogP contribution < -0.4 is 4.57 Å². The maximum absolute atomic E-state index is 11.6. The molecule has 3 nitrogen and oxygen atoms in total. The fourth-order valence-electron chi connectivity index (χ4n) is 2.56. The fraction of sp³-hybridized carbons (Fsp3) is 0.176. The highest BCUT2D eigenvalue weighted by atomic mass is 16.5. The Morgan fingerprint density at radius 1 is 1.25 bits per heavy atom. The van der Waals surface area contributed by atoms with Crippen LogP contribution in [0.5, 0.6) is 0 Å². The second kappa shape index (κ2) is 5.29. The molecule has 0 radical (unpaired) electrons. The molecule has 1 aliphatic rings. The number of fused-ring (bicyclic) bond motifs is 1. The van der Waals surface area contributed by atoms with Gasteiger partial charge in [-0.15, -0.1) is 0 Å². The number of carbonyl (C=O) groups is 1. The molecule has 3 heteroatoms. The van der Waals surface area contributed by atoms with Crippen molar-refractivity contribution in [1.82, 2.24) is 0 Å². The maximum atomic E-state index is 11.6. The Balaban J connectivity index is 1.88. The van der Waals surface area contributed by atoms with Crippen LogP contribution in [0.1, 0.15) is 27.4 Å². The second-order valence-corrected chi connectivity index (χ2v) is 4.87. The van der Waals surface area contributed by atoms with Crippen molar-refractivity contribution in [3.05, 3.63) is 71.6 Å². The molecule has 2 aromatic rings. The van der Waals surface area contributed by atoms with Crippen LogP contribution in [0.25, 0.3) is 6.08 Å². The third-order valence-corrected chi connectivity index (χ3v) is 3.60. The Morgan fingerprint density at radius 2 is 2.05 bits per heavy atom. The zero-order valence-corrected chi connectivity index (χ0v) is 11.3. The Labute approximate surface area is 118 Å². The molecule has 0 saturated heterocycles. The quantitative estimate of drug-likeness (QED) is 0.631.